The van der Waals surface area contributed by atoms with Gasteiger partial charge < -0.3 is 4.90 Å². The third-order valence-electron chi connectivity index (χ3n) is 3.24. The largest absolute Gasteiger partial charge is 0.303 e. The van der Waals surface area contributed by atoms with Crippen molar-refractivity contribution in [2.75, 3.05) is 25.6 Å². The van der Waals surface area contributed by atoms with Crippen LogP contribution in [0.2, 0.25) is 0 Å². The molecule has 0 fully saturated rings. The Morgan fingerprint density at radius 1 is 1.37 bits per heavy atom. The second kappa shape index (κ2) is 8.77. The lowest BCUT2D eigenvalue weighted by atomic mass is 10.1. The normalized spacial score (nSPS) is 12.7. The van der Waals surface area contributed by atoms with Crippen molar-refractivity contribution in [3.63, 3.8) is 0 Å². The predicted octanol–water partition coefficient (Wildman–Crippen LogP) is 4.10. The monoisotopic (exact) mass is 343 g/mol. The van der Waals surface area contributed by atoms with Crippen LogP contribution < -0.4 is 0 Å². The van der Waals surface area contributed by atoms with Crippen molar-refractivity contribution in [2.45, 2.75) is 25.8 Å². The van der Waals surface area contributed by atoms with Crippen LogP contribution in [-0.2, 0) is 0 Å². The molecule has 0 aliphatic carbocycles. The molecule has 1 aromatic carbocycles. The molecule has 0 heterocycles. The molecule has 0 amide bonds. The third-order valence-corrected chi connectivity index (χ3v) is 4.59. The molecule has 0 bridgehead atoms. The van der Waals surface area contributed by atoms with E-state index in [0.29, 0.717) is 12.5 Å². The molecule has 0 N–H and O–H groups in total. The highest BCUT2D eigenvalue weighted by molar-refractivity contribution is 9.10. The van der Waals surface area contributed by atoms with Gasteiger partial charge in [-0.05, 0) is 45.3 Å². The summed E-state index contributed by atoms with van der Waals surface area (Å²) in [6.07, 6.45) is 3.67. The molecule has 0 radical (unpaired) electrons. The fraction of sp³-hybridized carbons (Fsp3) is 0.533. The zero-order chi connectivity index (χ0) is 14.3. The average molecular weight is 344 g/mol. The zero-order valence-electron chi connectivity index (χ0n) is 11.9. The molecular formula is C15H22BrNOS. The molecule has 0 aliphatic rings. The number of rotatable bonds is 8. The maximum atomic E-state index is 12.0. The first kappa shape index (κ1) is 16.7. The molecular weight excluding hydrogens is 322 g/mol. The molecule has 1 aromatic rings. The number of halogens is 1. The highest BCUT2D eigenvalue weighted by Gasteiger charge is 2.10. The molecule has 0 saturated heterocycles. The Hall–Kier alpha value is -0.320. The summed E-state index contributed by atoms with van der Waals surface area (Å²) in [7, 11) is 2.13. The van der Waals surface area contributed by atoms with E-state index in [4.69, 9.17) is 0 Å². The van der Waals surface area contributed by atoms with E-state index in [1.165, 1.54) is 0 Å². The van der Waals surface area contributed by atoms with Crippen molar-refractivity contribution in [3.8, 4) is 0 Å². The smallest absolute Gasteiger partial charge is 0.162 e. The van der Waals surface area contributed by atoms with E-state index in [0.717, 1.165) is 28.8 Å². The Balaban J connectivity index is 2.33. The first-order chi connectivity index (χ1) is 9.04. The summed E-state index contributed by atoms with van der Waals surface area (Å²) in [6.45, 7) is 3.21. The first-order valence-electron chi connectivity index (χ1n) is 6.52. The number of thioether (sulfide) groups is 1. The van der Waals surface area contributed by atoms with E-state index in [2.05, 4.69) is 41.1 Å². The van der Waals surface area contributed by atoms with Crippen LogP contribution in [0, 0.1) is 0 Å². The van der Waals surface area contributed by atoms with Crippen LogP contribution in [-0.4, -0.2) is 42.3 Å². The predicted molar refractivity (Wildman–Crippen MR) is 88.2 cm³/mol. The van der Waals surface area contributed by atoms with Gasteiger partial charge in [-0.15, -0.1) is 0 Å². The van der Waals surface area contributed by atoms with Gasteiger partial charge in [-0.1, -0.05) is 28.1 Å². The first-order valence-corrected chi connectivity index (χ1v) is 8.71. The Labute approximate surface area is 129 Å². The van der Waals surface area contributed by atoms with Gasteiger partial charge in [-0.2, -0.15) is 11.8 Å². The number of hydrogen-bond donors (Lipinski definition) is 0. The average Bonchev–Trinajstić information content (AvgIpc) is 2.39. The minimum absolute atomic E-state index is 0.235. The molecule has 1 unspecified atom stereocenters. The van der Waals surface area contributed by atoms with Gasteiger partial charge in [0.25, 0.3) is 0 Å². The number of nitrogens with zero attached hydrogens (tertiary/aromatic N) is 1. The summed E-state index contributed by atoms with van der Waals surface area (Å²) < 4.78 is 1.01. The summed E-state index contributed by atoms with van der Waals surface area (Å²) >= 11 is 5.24. The number of carbonyl (C=O) groups is 1. The summed E-state index contributed by atoms with van der Waals surface area (Å²) in [5.74, 6) is 1.37. The molecule has 0 aliphatic heterocycles. The van der Waals surface area contributed by atoms with Crippen LogP contribution in [0.4, 0.5) is 0 Å². The number of ketones is 1. The van der Waals surface area contributed by atoms with Crippen molar-refractivity contribution in [1.29, 1.82) is 0 Å². The van der Waals surface area contributed by atoms with Crippen molar-refractivity contribution >= 4 is 33.5 Å². The standard InChI is InChI=1S/C15H22BrNOS/c1-12(11-19-3)17(2)10-4-5-15(18)13-6-8-14(16)9-7-13/h6-9,12H,4-5,10-11H2,1-3H3. The van der Waals surface area contributed by atoms with Crippen LogP contribution in [0.3, 0.4) is 0 Å². The van der Waals surface area contributed by atoms with Gasteiger partial charge in [-0.25, -0.2) is 0 Å². The number of Topliss-reactive ketones (excluding diaryl/α,β-unsaturated/α-hetero) is 1. The highest BCUT2D eigenvalue weighted by Crippen LogP contribution is 2.13. The molecule has 0 saturated carbocycles. The van der Waals surface area contributed by atoms with Gasteiger partial charge in [-0.3, -0.25) is 4.79 Å². The van der Waals surface area contributed by atoms with Crippen LogP contribution in [0.5, 0.6) is 0 Å². The number of hydrogen-bond acceptors (Lipinski definition) is 3. The van der Waals surface area contributed by atoms with Crippen molar-refractivity contribution in [2.24, 2.45) is 0 Å². The Morgan fingerprint density at radius 3 is 2.58 bits per heavy atom. The van der Waals surface area contributed by atoms with Crippen LogP contribution in [0.15, 0.2) is 28.7 Å². The molecule has 19 heavy (non-hydrogen) atoms. The van der Waals surface area contributed by atoms with Gasteiger partial charge in [0.1, 0.15) is 0 Å². The van der Waals surface area contributed by atoms with E-state index in [9.17, 15) is 4.79 Å². The van der Waals surface area contributed by atoms with E-state index < -0.39 is 0 Å². The maximum absolute atomic E-state index is 12.0. The van der Waals surface area contributed by atoms with Crippen LogP contribution in [0.25, 0.3) is 0 Å². The maximum Gasteiger partial charge on any atom is 0.162 e. The molecule has 0 aromatic heterocycles. The molecule has 0 spiro atoms. The Bertz CT molecular complexity index is 394. The highest BCUT2D eigenvalue weighted by atomic mass is 79.9. The molecule has 1 atom stereocenters. The summed E-state index contributed by atoms with van der Waals surface area (Å²) in [4.78, 5) is 14.3. The van der Waals surface area contributed by atoms with Crippen molar-refractivity contribution < 1.29 is 4.79 Å². The van der Waals surface area contributed by atoms with Gasteiger partial charge in [0.2, 0.25) is 0 Å². The van der Waals surface area contributed by atoms with Crippen molar-refractivity contribution in [1.82, 2.24) is 4.90 Å². The molecule has 1 rings (SSSR count). The summed E-state index contributed by atoms with van der Waals surface area (Å²) in [5, 5.41) is 0. The zero-order valence-corrected chi connectivity index (χ0v) is 14.3. The van der Waals surface area contributed by atoms with E-state index >= 15 is 0 Å². The van der Waals surface area contributed by atoms with E-state index in [-0.39, 0.29) is 5.78 Å². The second-order valence-electron chi connectivity index (χ2n) is 4.82. The Morgan fingerprint density at radius 2 is 2.00 bits per heavy atom. The quantitative estimate of drug-likeness (QED) is 0.663. The number of carbonyl (C=O) groups excluding carboxylic acids is 1. The van der Waals surface area contributed by atoms with Gasteiger partial charge >= 0.3 is 0 Å². The topological polar surface area (TPSA) is 20.3 Å². The molecule has 4 heteroatoms. The van der Waals surface area contributed by atoms with Gasteiger partial charge in [0, 0.05) is 28.3 Å². The SMILES string of the molecule is CSCC(C)N(C)CCCC(=O)c1ccc(Br)cc1. The minimum atomic E-state index is 0.235. The summed E-state index contributed by atoms with van der Waals surface area (Å²) in [5.41, 5.74) is 0.808. The molecule has 106 valence electrons. The lowest BCUT2D eigenvalue weighted by Gasteiger charge is -2.23. The Kier molecular flexibility index (Phi) is 7.73. The lowest BCUT2D eigenvalue weighted by Crippen LogP contribution is -2.32. The molecule has 2 nitrogen and oxygen atoms in total. The van der Waals surface area contributed by atoms with Crippen molar-refractivity contribution in [3.05, 3.63) is 34.3 Å². The minimum Gasteiger partial charge on any atom is -0.303 e. The lowest BCUT2D eigenvalue weighted by molar-refractivity contribution is 0.0974. The fourth-order valence-corrected chi connectivity index (χ4v) is 2.86. The number of benzene rings is 1. The third kappa shape index (κ3) is 6.11. The fourth-order valence-electron chi connectivity index (χ4n) is 1.86. The van der Waals surface area contributed by atoms with Crippen LogP contribution in [0.1, 0.15) is 30.1 Å². The van der Waals surface area contributed by atoms with E-state index in [1.54, 1.807) is 0 Å². The second-order valence-corrected chi connectivity index (χ2v) is 6.64. The summed E-state index contributed by atoms with van der Waals surface area (Å²) in [6, 6.07) is 8.16. The van der Waals surface area contributed by atoms with Gasteiger partial charge in [0.15, 0.2) is 5.78 Å². The van der Waals surface area contributed by atoms with Gasteiger partial charge in [0.05, 0.1) is 0 Å². The van der Waals surface area contributed by atoms with Crippen LogP contribution >= 0.6 is 27.7 Å². The van der Waals surface area contributed by atoms with E-state index in [1.807, 2.05) is 36.0 Å².